The van der Waals surface area contributed by atoms with Gasteiger partial charge in [0.25, 0.3) is 0 Å². The van der Waals surface area contributed by atoms with Crippen molar-refractivity contribution in [2.75, 3.05) is 5.32 Å². The van der Waals surface area contributed by atoms with Gasteiger partial charge in [0, 0.05) is 16.8 Å². The summed E-state index contributed by atoms with van der Waals surface area (Å²) in [5, 5.41) is 3.14. The van der Waals surface area contributed by atoms with E-state index in [1.54, 1.807) is 24.4 Å². The highest BCUT2D eigenvalue weighted by Gasteiger charge is 2.09. The number of hydrogen-bond acceptors (Lipinski definition) is 4. The molecule has 4 nitrogen and oxygen atoms in total. The summed E-state index contributed by atoms with van der Waals surface area (Å²) < 4.78 is 18.9. The zero-order chi connectivity index (χ0) is 16.2. The molecule has 23 heavy (non-hydrogen) atoms. The molecule has 0 aliphatic rings. The number of carbonyl (C=O) groups is 1. The van der Waals surface area contributed by atoms with E-state index in [0.717, 1.165) is 5.69 Å². The number of hydrogen-bond donors (Lipinski definition) is 1. The van der Waals surface area contributed by atoms with Crippen LogP contribution in [0.1, 0.15) is 23.2 Å². The molecule has 1 aromatic heterocycles. The van der Waals surface area contributed by atoms with Crippen molar-refractivity contribution in [1.29, 1.82) is 0 Å². The maximum absolute atomic E-state index is 13.2. The van der Waals surface area contributed by atoms with Gasteiger partial charge in [0.1, 0.15) is 5.82 Å². The molecule has 1 N–H and O–H groups in total. The first kappa shape index (κ1) is 15.0. The molecule has 0 fully saturated rings. The van der Waals surface area contributed by atoms with E-state index in [0.29, 0.717) is 29.3 Å². The summed E-state index contributed by atoms with van der Waals surface area (Å²) in [7, 11) is 0. The lowest BCUT2D eigenvalue weighted by Crippen LogP contribution is -2.04. The van der Waals surface area contributed by atoms with Gasteiger partial charge in [-0.2, -0.15) is 0 Å². The van der Waals surface area contributed by atoms with E-state index in [9.17, 15) is 9.18 Å². The third-order valence-electron chi connectivity index (χ3n) is 3.40. The van der Waals surface area contributed by atoms with Crippen LogP contribution in [0, 0.1) is 5.82 Å². The fourth-order valence-electron chi connectivity index (χ4n) is 2.28. The number of nitrogens with zero attached hydrogens (tertiary/aromatic N) is 1. The quantitative estimate of drug-likeness (QED) is 0.714. The molecular weight excluding hydrogens is 295 g/mol. The number of aromatic nitrogens is 1. The maximum Gasteiger partial charge on any atom is 0.214 e. The maximum atomic E-state index is 13.2. The summed E-state index contributed by atoms with van der Waals surface area (Å²) in [6.45, 7) is 1.85. The van der Waals surface area contributed by atoms with Crippen LogP contribution in [-0.2, 0) is 6.54 Å². The minimum atomic E-state index is -0.325. The first-order valence-electron chi connectivity index (χ1n) is 7.18. The minimum absolute atomic E-state index is 0.0130. The van der Waals surface area contributed by atoms with E-state index in [2.05, 4.69) is 10.3 Å². The highest BCUT2D eigenvalue weighted by molar-refractivity contribution is 5.99. The second-order valence-corrected chi connectivity index (χ2v) is 5.08. The van der Waals surface area contributed by atoms with Gasteiger partial charge < -0.3 is 9.73 Å². The molecule has 0 amide bonds. The monoisotopic (exact) mass is 310 g/mol. The number of oxazole rings is 1. The molecule has 116 valence electrons. The molecule has 0 spiro atoms. The first-order valence-corrected chi connectivity index (χ1v) is 7.18. The van der Waals surface area contributed by atoms with E-state index in [-0.39, 0.29) is 11.6 Å². The lowest BCUT2D eigenvalue weighted by molar-refractivity contribution is 0.101. The summed E-state index contributed by atoms with van der Waals surface area (Å²) in [5.74, 6) is 0.624. The Morgan fingerprint density at radius 3 is 2.83 bits per heavy atom. The number of benzene rings is 2. The van der Waals surface area contributed by atoms with E-state index >= 15 is 0 Å². The Kier molecular flexibility index (Phi) is 4.19. The molecule has 3 rings (SSSR count). The number of anilines is 1. The molecular formula is C18H15FN2O2. The Hall–Kier alpha value is -2.95. The highest BCUT2D eigenvalue weighted by Crippen LogP contribution is 2.22. The second-order valence-electron chi connectivity index (χ2n) is 5.08. The van der Waals surface area contributed by atoms with Gasteiger partial charge in [0.15, 0.2) is 11.5 Å². The fraction of sp³-hybridized carbons (Fsp3) is 0.111. The Bertz CT molecular complexity index is 842. The van der Waals surface area contributed by atoms with E-state index in [1.807, 2.05) is 18.2 Å². The van der Waals surface area contributed by atoms with Gasteiger partial charge >= 0.3 is 0 Å². The highest BCUT2D eigenvalue weighted by atomic mass is 19.1. The third-order valence-corrected chi connectivity index (χ3v) is 3.40. The molecule has 1 heterocycles. The number of rotatable bonds is 5. The fourth-order valence-corrected chi connectivity index (χ4v) is 2.28. The van der Waals surface area contributed by atoms with Crippen LogP contribution in [0.25, 0.3) is 11.3 Å². The molecule has 0 unspecified atom stereocenters. The van der Waals surface area contributed by atoms with Crippen LogP contribution < -0.4 is 5.32 Å². The number of nitrogens with one attached hydrogen (secondary N) is 1. The van der Waals surface area contributed by atoms with Gasteiger partial charge in [-0.15, -0.1) is 0 Å². The van der Waals surface area contributed by atoms with Crippen molar-refractivity contribution >= 4 is 11.5 Å². The van der Waals surface area contributed by atoms with Gasteiger partial charge in [-0.25, -0.2) is 9.37 Å². The molecule has 0 aliphatic carbocycles. The number of Topliss-reactive ketones (excluding diaryl/α,β-unsaturated/α-hetero) is 1. The predicted octanol–water partition coefficient (Wildman–Crippen LogP) is 4.30. The zero-order valence-electron chi connectivity index (χ0n) is 12.5. The van der Waals surface area contributed by atoms with Crippen LogP contribution in [0.4, 0.5) is 10.1 Å². The van der Waals surface area contributed by atoms with E-state index in [1.165, 1.54) is 19.1 Å². The van der Waals surface area contributed by atoms with E-state index in [4.69, 9.17) is 4.42 Å². The average molecular weight is 310 g/mol. The predicted molar refractivity (Wildman–Crippen MR) is 85.7 cm³/mol. The topological polar surface area (TPSA) is 55.1 Å². The standard InChI is InChI=1S/C18H15FN2O2/c1-12(22)15-7-2-3-8-16(15)20-11-18-21-10-17(23-18)13-5-4-6-14(19)9-13/h2-10,20H,11H2,1H3. The van der Waals surface area contributed by atoms with Gasteiger partial charge in [-0.05, 0) is 31.2 Å². The summed E-state index contributed by atoms with van der Waals surface area (Å²) in [4.78, 5) is 15.8. The molecule has 0 radical (unpaired) electrons. The molecule has 0 saturated carbocycles. The second kappa shape index (κ2) is 6.44. The van der Waals surface area contributed by atoms with Crippen molar-refractivity contribution in [3.8, 4) is 11.3 Å². The summed E-state index contributed by atoms with van der Waals surface area (Å²) in [6, 6.07) is 13.4. The Labute approximate surface area is 133 Å². The van der Waals surface area contributed by atoms with Crippen molar-refractivity contribution in [2.45, 2.75) is 13.5 Å². The Morgan fingerprint density at radius 2 is 2.04 bits per heavy atom. The molecule has 5 heteroatoms. The van der Waals surface area contributed by atoms with E-state index < -0.39 is 0 Å². The Morgan fingerprint density at radius 1 is 1.22 bits per heavy atom. The minimum Gasteiger partial charge on any atom is -0.439 e. The number of para-hydroxylation sites is 1. The van der Waals surface area contributed by atoms with Crippen LogP contribution >= 0.6 is 0 Å². The average Bonchev–Trinajstić information content (AvgIpc) is 3.02. The summed E-state index contributed by atoms with van der Waals surface area (Å²) >= 11 is 0. The van der Waals surface area contributed by atoms with Crippen molar-refractivity contribution in [1.82, 2.24) is 4.98 Å². The van der Waals surface area contributed by atoms with Crippen LogP contribution in [0.15, 0.2) is 59.1 Å². The largest absolute Gasteiger partial charge is 0.439 e. The van der Waals surface area contributed by atoms with Crippen molar-refractivity contribution in [2.24, 2.45) is 0 Å². The van der Waals surface area contributed by atoms with Crippen LogP contribution in [0.5, 0.6) is 0 Å². The Balaban J connectivity index is 1.74. The van der Waals surface area contributed by atoms with Crippen molar-refractivity contribution in [3.63, 3.8) is 0 Å². The van der Waals surface area contributed by atoms with Gasteiger partial charge in [-0.1, -0.05) is 24.3 Å². The number of halogens is 1. The first-order chi connectivity index (χ1) is 11.1. The molecule has 0 saturated heterocycles. The normalized spacial score (nSPS) is 10.5. The molecule has 3 aromatic rings. The lowest BCUT2D eigenvalue weighted by Gasteiger charge is -2.08. The molecule has 2 aromatic carbocycles. The smallest absolute Gasteiger partial charge is 0.214 e. The molecule has 0 bridgehead atoms. The lowest BCUT2D eigenvalue weighted by atomic mass is 10.1. The van der Waals surface area contributed by atoms with Crippen LogP contribution in [0.3, 0.4) is 0 Å². The van der Waals surface area contributed by atoms with Crippen molar-refractivity contribution in [3.05, 3.63) is 72.0 Å². The number of carbonyl (C=O) groups excluding carboxylic acids is 1. The molecule has 0 aliphatic heterocycles. The van der Waals surface area contributed by atoms with Crippen LogP contribution in [0.2, 0.25) is 0 Å². The van der Waals surface area contributed by atoms with Gasteiger partial charge in [0.2, 0.25) is 5.89 Å². The zero-order valence-corrected chi connectivity index (χ0v) is 12.5. The summed E-state index contributed by atoms with van der Waals surface area (Å²) in [5.41, 5.74) is 1.97. The van der Waals surface area contributed by atoms with Crippen molar-refractivity contribution < 1.29 is 13.6 Å². The molecule has 0 atom stereocenters. The van der Waals surface area contributed by atoms with Gasteiger partial charge in [-0.3, -0.25) is 4.79 Å². The SMILES string of the molecule is CC(=O)c1ccccc1NCc1ncc(-c2cccc(F)c2)o1. The van der Waals surface area contributed by atoms with Gasteiger partial charge in [0.05, 0.1) is 12.7 Å². The third kappa shape index (κ3) is 3.45. The van der Waals surface area contributed by atoms with Crippen LogP contribution in [-0.4, -0.2) is 10.8 Å². The summed E-state index contributed by atoms with van der Waals surface area (Å²) in [6.07, 6.45) is 1.56. The number of ketones is 1.